The summed E-state index contributed by atoms with van der Waals surface area (Å²) in [5.74, 6) is 2.11. The molecule has 2 aromatic heterocycles. The number of hydrogen-bond donors (Lipinski definition) is 0. The molecule has 5 rings (SSSR count). The highest BCUT2D eigenvalue weighted by atomic mass is 16.5. The van der Waals surface area contributed by atoms with Crippen molar-refractivity contribution in [1.29, 1.82) is 0 Å². The summed E-state index contributed by atoms with van der Waals surface area (Å²) >= 11 is 0. The maximum Gasteiger partial charge on any atom is 0.228 e. The molecule has 1 aliphatic heterocycles. The minimum Gasteiger partial charge on any atom is -0.497 e. The molecule has 3 heterocycles. The van der Waals surface area contributed by atoms with Gasteiger partial charge in [-0.05, 0) is 37.1 Å². The van der Waals surface area contributed by atoms with Gasteiger partial charge in [-0.1, -0.05) is 42.5 Å². The van der Waals surface area contributed by atoms with Crippen molar-refractivity contribution in [2.75, 3.05) is 7.11 Å². The van der Waals surface area contributed by atoms with Gasteiger partial charge in [0.25, 0.3) is 0 Å². The largest absolute Gasteiger partial charge is 0.497 e. The maximum absolute atomic E-state index is 12.6. The van der Waals surface area contributed by atoms with Crippen LogP contribution >= 0.6 is 0 Å². The second-order valence-electron chi connectivity index (χ2n) is 7.76. The molecule has 1 aliphatic rings. The van der Waals surface area contributed by atoms with Crippen molar-refractivity contribution >= 4 is 11.4 Å². The van der Waals surface area contributed by atoms with Gasteiger partial charge in [0.05, 0.1) is 12.7 Å². The van der Waals surface area contributed by atoms with Crippen molar-refractivity contribution in [2.24, 2.45) is 0 Å². The van der Waals surface area contributed by atoms with Gasteiger partial charge in [0.1, 0.15) is 17.8 Å². The molecule has 0 aliphatic carbocycles. The van der Waals surface area contributed by atoms with Gasteiger partial charge in [-0.2, -0.15) is 0 Å². The number of allylic oxidation sites excluding steroid dienone is 2. The zero-order valence-electron chi connectivity index (χ0n) is 18.1. The predicted molar refractivity (Wildman–Crippen MR) is 119 cm³/mol. The second-order valence-corrected chi connectivity index (χ2v) is 7.76. The van der Waals surface area contributed by atoms with Gasteiger partial charge in [0, 0.05) is 17.9 Å². The van der Waals surface area contributed by atoms with Crippen LogP contribution in [0.3, 0.4) is 0 Å². The summed E-state index contributed by atoms with van der Waals surface area (Å²) in [6.45, 7) is 3.37. The predicted octanol–water partition coefficient (Wildman–Crippen LogP) is 4.11. The smallest absolute Gasteiger partial charge is 0.228 e. The van der Waals surface area contributed by atoms with Crippen molar-refractivity contribution in [1.82, 2.24) is 19.6 Å². The van der Waals surface area contributed by atoms with Crippen LogP contribution in [0.25, 0.3) is 5.65 Å². The fourth-order valence-corrected chi connectivity index (χ4v) is 4.22. The SMILES string of the molecule is COc1ccc(Cc2nc3c4c(ncn3n2)OC(C)=C(C(C)=O)C4c2ccccc2)cc1. The van der Waals surface area contributed by atoms with Gasteiger partial charge in [-0.25, -0.2) is 14.5 Å². The van der Waals surface area contributed by atoms with Gasteiger partial charge < -0.3 is 9.47 Å². The number of carbonyl (C=O) groups is 1. The van der Waals surface area contributed by atoms with Crippen molar-refractivity contribution in [3.05, 3.63) is 94.8 Å². The second kappa shape index (κ2) is 7.92. The summed E-state index contributed by atoms with van der Waals surface area (Å²) in [6, 6.07) is 17.7. The molecule has 0 spiro atoms. The zero-order valence-corrected chi connectivity index (χ0v) is 18.1. The topological polar surface area (TPSA) is 78.6 Å². The highest BCUT2D eigenvalue weighted by molar-refractivity contribution is 5.97. The number of benzene rings is 2. The van der Waals surface area contributed by atoms with E-state index in [-0.39, 0.29) is 11.7 Å². The third-order valence-electron chi connectivity index (χ3n) is 5.67. The summed E-state index contributed by atoms with van der Waals surface area (Å²) in [7, 11) is 1.64. The Morgan fingerprint density at radius 3 is 2.56 bits per heavy atom. The van der Waals surface area contributed by atoms with Crippen LogP contribution in [0.5, 0.6) is 11.6 Å². The summed E-state index contributed by atoms with van der Waals surface area (Å²) in [4.78, 5) is 21.9. The lowest BCUT2D eigenvalue weighted by molar-refractivity contribution is -0.114. The molecule has 0 fully saturated rings. The molecule has 32 heavy (non-hydrogen) atoms. The van der Waals surface area contributed by atoms with Crippen LogP contribution < -0.4 is 9.47 Å². The Morgan fingerprint density at radius 2 is 1.88 bits per heavy atom. The van der Waals surface area contributed by atoms with Gasteiger partial charge in [0.15, 0.2) is 17.3 Å². The van der Waals surface area contributed by atoms with Crippen LogP contribution in [-0.4, -0.2) is 32.5 Å². The number of aromatic nitrogens is 4. The Labute approximate surface area is 185 Å². The van der Waals surface area contributed by atoms with Crippen LogP contribution in [0, 0.1) is 0 Å². The molecule has 4 aromatic rings. The van der Waals surface area contributed by atoms with E-state index in [1.165, 1.54) is 0 Å². The number of nitrogens with zero attached hydrogens (tertiary/aromatic N) is 4. The van der Waals surface area contributed by atoms with Crippen LogP contribution in [-0.2, 0) is 11.2 Å². The molecule has 7 nitrogen and oxygen atoms in total. The fourth-order valence-electron chi connectivity index (χ4n) is 4.22. The molecule has 0 saturated carbocycles. The van der Waals surface area contributed by atoms with E-state index in [0.29, 0.717) is 35.1 Å². The van der Waals surface area contributed by atoms with E-state index in [0.717, 1.165) is 22.4 Å². The summed E-state index contributed by atoms with van der Waals surface area (Å²) in [5, 5.41) is 4.63. The lowest BCUT2D eigenvalue weighted by Gasteiger charge is -2.28. The number of carbonyl (C=O) groups excluding carboxylic acids is 1. The lowest BCUT2D eigenvalue weighted by atomic mass is 9.82. The van der Waals surface area contributed by atoms with E-state index in [4.69, 9.17) is 14.5 Å². The number of Topliss-reactive ketones (excluding diaryl/α,β-unsaturated/α-hetero) is 1. The van der Waals surface area contributed by atoms with Crippen LogP contribution in [0.1, 0.15) is 42.3 Å². The fraction of sp³-hybridized carbons (Fsp3) is 0.200. The van der Waals surface area contributed by atoms with Crippen molar-refractivity contribution in [3.63, 3.8) is 0 Å². The first-order valence-corrected chi connectivity index (χ1v) is 10.4. The van der Waals surface area contributed by atoms with Gasteiger partial charge in [-0.15, -0.1) is 5.10 Å². The minimum atomic E-state index is -0.327. The number of ether oxygens (including phenoxy) is 2. The van der Waals surface area contributed by atoms with E-state index in [1.54, 1.807) is 31.8 Å². The molecular weight excluding hydrogens is 404 g/mol. The Bertz CT molecular complexity index is 1340. The normalized spacial score (nSPS) is 15.4. The first kappa shape index (κ1) is 19.9. The van der Waals surface area contributed by atoms with E-state index in [1.807, 2.05) is 54.6 Å². The van der Waals surface area contributed by atoms with E-state index in [9.17, 15) is 4.79 Å². The number of methoxy groups -OCH3 is 1. The summed E-state index contributed by atoms with van der Waals surface area (Å²) in [5.41, 5.74) is 4.05. The third-order valence-corrected chi connectivity index (χ3v) is 5.67. The number of ketones is 1. The Balaban J connectivity index is 1.64. The molecule has 1 atom stereocenters. The quantitative estimate of drug-likeness (QED) is 0.478. The summed E-state index contributed by atoms with van der Waals surface area (Å²) in [6.07, 6.45) is 2.17. The number of fused-ring (bicyclic) bond motifs is 3. The molecule has 160 valence electrons. The first-order valence-electron chi connectivity index (χ1n) is 10.4. The van der Waals surface area contributed by atoms with Crippen molar-refractivity contribution in [3.8, 4) is 11.6 Å². The summed E-state index contributed by atoms with van der Waals surface area (Å²) < 4.78 is 12.9. The van der Waals surface area contributed by atoms with E-state index in [2.05, 4.69) is 10.1 Å². The molecule has 0 N–H and O–H groups in total. The first-order chi connectivity index (χ1) is 15.5. The molecular formula is C25H22N4O3. The average Bonchev–Trinajstić information content (AvgIpc) is 3.21. The highest BCUT2D eigenvalue weighted by Gasteiger charge is 2.35. The lowest BCUT2D eigenvalue weighted by Crippen LogP contribution is -2.22. The van der Waals surface area contributed by atoms with Gasteiger partial charge in [-0.3, -0.25) is 4.79 Å². The number of rotatable bonds is 5. The molecule has 0 bridgehead atoms. The third kappa shape index (κ3) is 3.41. The molecule has 0 saturated heterocycles. The molecule has 1 unspecified atom stereocenters. The van der Waals surface area contributed by atoms with E-state index >= 15 is 0 Å². The Morgan fingerprint density at radius 1 is 1.12 bits per heavy atom. The Kier molecular flexibility index (Phi) is 4.93. The van der Waals surface area contributed by atoms with Crippen molar-refractivity contribution in [2.45, 2.75) is 26.2 Å². The maximum atomic E-state index is 12.6. The average molecular weight is 426 g/mol. The highest BCUT2D eigenvalue weighted by Crippen LogP contribution is 2.44. The monoisotopic (exact) mass is 426 g/mol. The van der Waals surface area contributed by atoms with Crippen LogP contribution in [0.2, 0.25) is 0 Å². The molecule has 2 aromatic carbocycles. The molecule has 0 amide bonds. The van der Waals surface area contributed by atoms with Crippen LogP contribution in [0.15, 0.2) is 72.3 Å². The van der Waals surface area contributed by atoms with Gasteiger partial charge in [0.2, 0.25) is 5.88 Å². The molecule has 7 heteroatoms. The minimum absolute atomic E-state index is 0.0398. The zero-order chi connectivity index (χ0) is 22.2. The van der Waals surface area contributed by atoms with Crippen LogP contribution in [0.4, 0.5) is 0 Å². The number of hydrogen-bond acceptors (Lipinski definition) is 6. The van der Waals surface area contributed by atoms with Gasteiger partial charge >= 0.3 is 0 Å². The van der Waals surface area contributed by atoms with E-state index < -0.39 is 0 Å². The van der Waals surface area contributed by atoms with Crippen molar-refractivity contribution < 1.29 is 14.3 Å². The standard InChI is InChI=1S/C25H22N4O3/c1-15(30)21-16(2)32-25-23(22(21)18-7-5-4-6-8-18)24-27-20(28-29(24)14-26-25)13-17-9-11-19(31-3)12-10-17/h4-12,14,22H,13H2,1-3H3. The Hall–Kier alpha value is -4.00. The molecule has 0 radical (unpaired) electrons.